The molecule has 0 aliphatic carbocycles. The fourth-order valence-electron chi connectivity index (χ4n) is 2.54. The van der Waals surface area contributed by atoms with Gasteiger partial charge in [-0.3, -0.25) is 10.1 Å². The Labute approximate surface area is 129 Å². The van der Waals surface area contributed by atoms with Crippen LogP contribution >= 0.6 is 0 Å². The van der Waals surface area contributed by atoms with E-state index in [2.05, 4.69) is 10.3 Å². The Morgan fingerprint density at radius 3 is 2.73 bits per heavy atom. The third kappa shape index (κ3) is 2.86. The summed E-state index contributed by atoms with van der Waals surface area (Å²) in [5.74, 6) is -0.310. The first-order valence-electron chi connectivity index (χ1n) is 7.40. The standard InChI is InChI=1S/C18H18N2O2/c1-3-14(13-7-5-4-6-8-13)17(21)20-18-19-15-10-9-12(2)11-16(15)22-18/h4-11,14H,3H2,1-2H3,(H,19,20,21)/t14-/m1/s1. The van der Waals surface area contributed by atoms with Crippen molar-refractivity contribution in [3.05, 3.63) is 59.7 Å². The largest absolute Gasteiger partial charge is 0.423 e. The molecule has 0 saturated heterocycles. The Bertz CT molecular complexity index is 793. The summed E-state index contributed by atoms with van der Waals surface area (Å²) in [4.78, 5) is 16.8. The Morgan fingerprint density at radius 2 is 2.00 bits per heavy atom. The number of nitrogens with one attached hydrogen (secondary N) is 1. The molecular formula is C18H18N2O2. The van der Waals surface area contributed by atoms with Gasteiger partial charge in [-0.15, -0.1) is 0 Å². The van der Waals surface area contributed by atoms with Crippen LogP contribution in [0.4, 0.5) is 6.01 Å². The highest BCUT2D eigenvalue weighted by atomic mass is 16.4. The molecule has 0 aliphatic rings. The van der Waals surface area contributed by atoms with E-state index in [1.165, 1.54) is 0 Å². The maximum Gasteiger partial charge on any atom is 0.302 e. The monoisotopic (exact) mass is 294 g/mol. The SMILES string of the molecule is CC[C@@H](C(=O)Nc1nc2ccc(C)cc2o1)c1ccccc1. The average Bonchev–Trinajstić information content (AvgIpc) is 2.90. The van der Waals surface area contributed by atoms with Crippen LogP contribution in [0.5, 0.6) is 0 Å². The van der Waals surface area contributed by atoms with Gasteiger partial charge in [0.2, 0.25) is 5.91 Å². The molecule has 0 spiro atoms. The summed E-state index contributed by atoms with van der Waals surface area (Å²) >= 11 is 0. The Kier molecular flexibility index (Phi) is 3.92. The fourth-order valence-corrected chi connectivity index (χ4v) is 2.54. The number of hydrogen-bond donors (Lipinski definition) is 1. The van der Waals surface area contributed by atoms with Gasteiger partial charge in [0.15, 0.2) is 5.58 Å². The minimum Gasteiger partial charge on any atom is -0.423 e. The zero-order chi connectivity index (χ0) is 15.5. The number of benzene rings is 2. The van der Waals surface area contributed by atoms with Gasteiger partial charge in [0, 0.05) is 0 Å². The number of carbonyl (C=O) groups excluding carboxylic acids is 1. The highest BCUT2D eigenvalue weighted by Gasteiger charge is 2.20. The smallest absolute Gasteiger partial charge is 0.302 e. The van der Waals surface area contributed by atoms with E-state index >= 15 is 0 Å². The molecule has 0 bridgehead atoms. The van der Waals surface area contributed by atoms with Gasteiger partial charge < -0.3 is 4.42 Å². The quantitative estimate of drug-likeness (QED) is 0.781. The third-order valence-electron chi connectivity index (χ3n) is 3.70. The van der Waals surface area contributed by atoms with Gasteiger partial charge in [-0.05, 0) is 36.6 Å². The Morgan fingerprint density at radius 1 is 1.23 bits per heavy atom. The Balaban J connectivity index is 1.82. The minimum absolute atomic E-state index is 0.100. The molecule has 0 radical (unpaired) electrons. The molecule has 0 saturated carbocycles. The molecule has 1 amide bonds. The lowest BCUT2D eigenvalue weighted by molar-refractivity contribution is -0.117. The Hall–Kier alpha value is -2.62. The van der Waals surface area contributed by atoms with Crippen molar-refractivity contribution in [3.63, 3.8) is 0 Å². The van der Waals surface area contributed by atoms with Crippen LogP contribution in [0.3, 0.4) is 0 Å². The molecule has 4 nitrogen and oxygen atoms in total. The first-order valence-corrected chi connectivity index (χ1v) is 7.40. The van der Waals surface area contributed by atoms with Crippen molar-refractivity contribution in [2.75, 3.05) is 5.32 Å². The number of oxazole rings is 1. The third-order valence-corrected chi connectivity index (χ3v) is 3.70. The molecule has 4 heteroatoms. The van der Waals surface area contributed by atoms with Crippen LogP contribution in [0.2, 0.25) is 0 Å². The number of hydrogen-bond acceptors (Lipinski definition) is 3. The summed E-state index contributed by atoms with van der Waals surface area (Å²) in [6.45, 7) is 3.98. The zero-order valence-corrected chi connectivity index (χ0v) is 12.7. The van der Waals surface area contributed by atoms with Crippen LogP contribution in [0.1, 0.15) is 30.4 Å². The number of aromatic nitrogens is 1. The van der Waals surface area contributed by atoms with Gasteiger partial charge in [-0.1, -0.05) is 43.3 Å². The molecule has 112 valence electrons. The second kappa shape index (κ2) is 6.02. The van der Waals surface area contributed by atoms with Gasteiger partial charge in [-0.2, -0.15) is 4.98 Å². The van der Waals surface area contributed by atoms with Crippen LogP contribution in [0.15, 0.2) is 52.9 Å². The van der Waals surface area contributed by atoms with E-state index in [-0.39, 0.29) is 17.8 Å². The van der Waals surface area contributed by atoms with Crippen molar-refractivity contribution >= 4 is 23.0 Å². The van der Waals surface area contributed by atoms with Crippen LogP contribution < -0.4 is 5.32 Å². The van der Waals surface area contributed by atoms with Gasteiger partial charge in [0.25, 0.3) is 0 Å². The van der Waals surface area contributed by atoms with Crippen molar-refractivity contribution in [3.8, 4) is 0 Å². The van der Waals surface area contributed by atoms with Crippen LogP contribution in [-0.2, 0) is 4.79 Å². The van der Waals surface area contributed by atoms with E-state index < -0.39 is 0 Å². The van der Waals surface area contributed by atoms with Gasteiger partial charge in [-0.25, -0.2) is 0 Å². The first-order chi connectivity index (χ1) is 10.7. The van der Waals surface area contributed by atoms with E-state index in [4.69, 9.17) is 4.42 Å². The second-order valence-corrected chi connectivity index (χ2v) is 5.35. The van der Waals surface area contributed by atoms with E-state index in [1.54, 1.807) is 0 Å². The average molecular weight is 294 g/mol. The lowest BCUT2D eigenvalue weighted by atomic mass is 9.96. The van der Waals surface area contributed by atoms with E-state index in [0.717, 1.165) is 23.1 Å². The van der Waals surface area contributed by atoms with Crippen LogP contribution in [-0.4, -0.2) is 10.9 Å². The molecular weight excluding hydrogens is 276 g/mol. The lowest BCUT2D eigenvalue weighted by Crippen LogP contribution is -2.20. The predicted octanol–water partition coefficient (Wildman–Crippen LogP) is 4.27. The van der Waals surface area contributed by atoms with Gasteiger partial charge in [0.05, 0.1) is 5.92 Å². The highest BCUT2D eigenvalue weighted by Crippen LogP contribution is 2.24. The molecule has 2 aromatic carbocycles. The zero-order valence-electron chi connectivity index (χ0n) is 12.7. The van der Waals surface area contributed by atoms with E-state index in [1.807, 2.05) is 62.4 Å². The summed E-state index contributed by atoms with van der Waals surface area (Å²) in [7, 11) is 0. The normalized spacial score (nSPS) is 12.3. The molecule has 3 aromatic rings. The molecule has 1 N–H and O–H groups in total. The van der Waals surface area contributed by atoms with Gasteiger partial charge in [0.1, 0.15) is 5.52 Å². The number of anilines is 1. The molecule has 3 rings (SSSR count). The van der Waals surface area contributed by atoms with Crippen LogP contribution in [0, 0.1) is 6.92 Å². The summed E-state index contributed by atoms with van der Waals surface area (Å²) in [5, 5.41) is 2.78. The molecule has 0 fully saturated rings. The predicted molar refractivity (Wildman–Crippen MR) is 86.8 cm³/mol. The maximum absolute atomic E-state index is 12.5. The van der Waals surface area contributed by atoms with E-state index in [0.29, 0.717) is 5.58 Å². The molecule has 1 aromatic heterocycles. The van der Waals surface area contributed by atoms with Crippen molar-refractivity contribution in [2.45, 2.75) is 26.2 Å². The number of carbonyl (C=O) groups is 1. The molecule has 1 heterocycles. The number of rotatable bonds is 4. The van der Waals surface area contributed by atoms with Crippen molar-refractivity contribution in [1.29, 1.82) is 0 Å². The van der Waals surface area contributed by atoms with E-state index in [9.17, 15) is 4.79 Å². The number of aryl methyl sites for hydroxylation is 1. The lowest BCUT2D eigenvalue weighted by Gasteiger charge is -2.13. The summed E-state index contributed by atoms with van der Waals surface area (Å²) in [6.07, 6.45) is 0.717. The molecule has 1 atom stereocenters. The van der Waals surface area contributed by atoms with Crippen molar-refractivity contribution < 1.29 is 9.21 Å². The maximum atomic E-state index is 12.5. The molecule has 0 aliphatic heterocycles. The van der Waals surface area contributed by atoms with Crippen LogP contribution in [0.25, 0.3) is 11.1 Å². The molecule has 22 heavy (non-hydrogen) atoms. The minimum atomic E-state index is -0.210. The highest BCUT2D eigenvalue weighted by molar-refractivity contribution is 5.95. The first kappa shape index (κ1) is 14.3. The summed E-state index contributed by atoms with van der Waals surface area (Å²) < 4.78 is 5.61. The topological polar surface area (TPSA) is 55.1 Å². The van der Waals surface area contributed by atoms with Gasteiger partial charge >= 0.3 is 6.01 Å². The second-order valence-electron chi connectivity index (χ2n) is 5.35. The summed E-state index contributed by atoms with van der Waals surface area (Å²) in [6, 6.07) is 15.8. The number of nitrogens with zero attached hydrogens (tertiary/aromatic N) is 1. The van der Waals surface area contributed by atoms with Crippen molar-refractivity contribution in [1.82, 2.24) is 4.98 Å². The fraction of sp³-hybridized carbons (Fsp3) is 0.222. The number of amides is 1. The number of fused-ring (bicyclic) bond motifs is 1. The van der Waals surface area contributed by atoms with Crippen molar-refractivity contribution in [2.24, 2.45) is 0 Å². The summed E-state index contributed by atoms with van der Waals surface area (Å²) in [5.41, 5.74) is 3.52. The molecule has 0 unspecified atom stereocenters.